The molecule has 1 fully saturated rings. The van der Waals surface area contributed by atoms with Gasteiger partial charge in [0.25, 0.3) is 0 Å². The fourth-order valence-corrected chi connectivity index (χ4v) is 2.71. The predicted molar refractivity (Wildman–Crippen MR) is 63.3 cm³/mol. The first kappa shape index (κ1) is 9.67. The Hall–Kier alpha value is -0.540. The Morgan fingerprint density at radius 1 is 1.40 bits per heavy atom. The summed E-state index contributed by atoms with van der Waals surface area (Å²) < 4.78 is 6.92. The van der Waals surface area contributed by atoms with E-state index in [4.69, 9.17) is 4.74 Å². The van der Waals surface area contributed by atoms with Crippen LogP contribution < -0.4 is 10.1 Å². The molecule has 3 rings (SSSR count). The topological polar surface area (TPSA) is 21.3 Å². The Morgan fingerprint density at radius 2 is 2.20 bits per heavy atom. The molecular formula is C12H14BrNO. The summed E-state index contributed by atoms with van der Waals surface area (Å²) in [5.74, 6) is 1.07. The van der Waals surface area contributed by atoms with Crippen LogP contribution in [-0.4, -0.2) is 12.6 Å². The van der Waals surface area contributed by atoms with Crippen LogP contribution in [-0.2, 0) is 0 Å². The number of aryl methyl sites for hydroxylation is 1. The van der Waals surface area contributed by atoms with Gasteiger partial charge in [-0.3, -0.25) is 0 Å². The Balaban J connectivity index is 1.96. The lowest BCUT2D eigenvalue weighted by Crippen LogP contribution is -2.24. The van der Waals surface area contributed by atoms with Crippen molar-refractivity contribution in [1.29, 1.82) is 0 Å². The Labute approximate surface area is 98.1 Å². The number of rotatable bonds is 2. The number of hydrogen-bond acceptors (Lipinski definition) is 2. The van der Waals surface area contributed by atoms with Crippen LogP contribution >= 0.6 is 15.9 Å². The van der Waals surface area contributed by atoms with Crippen LogP contribution in [0.5, 0.6) is 5.75 Å². The minimum absolute atomic E-state index is 0.377. The molecule has 1 N–H and O–H groups in total. The van der Waals surface area contributed by atoms with E-state index in [-0.39, 0.29) is 0 Å². The summed E-state index contributed by atoms with van der Waals surface area (Å²) >= 11 is 3.61. The fourth-order valence-electron chi connectivity index (χ4n) is 2.12. The van der Waals surface area contributed by atoms with E-state index in [1.807, 2.05) is 0 Å². The van der Waals surface area contributed by atoms with Crippen molar-refractivity contribution in [2.45, 2.75) is 31.8 Å². The van der Waals surface area contributed by atoms with E-state index in [0.29, 0.717) is 6.04 Å². The molecule has 0 saturated heterocycles. The third-order valence-electron chi connectivity index (χ3n) is 3.10. The summed E-state index contributed by atoms with van der Waals surface area (Å²) in [5, 5.41) is 3.62. The smallest absolute Gasteiger partial charge is 0.128 e. The van der Waals surface area contributed by atoms with Crippen molar-refractivity contribution in [3.63, 3.8) is 0 Å². The molecule has 1 unspecified atom stereocenters. The van der Waals surface area contributed by atoms with E-state index in [1.165, 1.54) is 28.4 Å². The van der Waals surface area contributed by atoms with Crippen molar-refractivity contribution < 1.29 is 4.74 Å². The maximum atomic E-state index is 5.76. The van der Waals surface area contributed by atoms with Crippen LogP contribution in [0.3, 0.4) is 0 Å². The number of nitrogens with one attached hydrogen (secondary N) is 1. The molecule has 1 saturated carbocycles. The molecule has 0 radical (unpaired) electrons. The molecule has 1 aliphatic heterocycles. The molecule has 15 heavy (non-hydrogen) atoms. The molecule has 0 bridgehead atoms. The lowest BCUT2D eigenvalue weighted by atomic mass is 10.1. The molecule has 1 atom stereocenters. The second kappa shape index (κ2) is 3.49. The summed E-state index contributed by atoms with van der Waals surface area (Å²) in [6, 6.07) is 5.31. The molecule has 0 amide bonds. The van der Waals surface area contributed by atoms with Gasteiger partial charge in [0.15, 0.2) is 0 Å². The van der Waals surface area contributed by atoms with Crippen LogP contribution in [0.25, 0.3) is 0 Å². The van der Waals surface area contributed by atoms with Gasteiger partial charge >= 0.3 is 0 Å². The second-order valence-corrected chi connectivity index (χ2v) is 5.27. The van der Waals surface area contributed by atoms with E-state index in [9.17, 15) is 0 Å². The van der Waals surface area contributed by atoms with Gasteiger partial charge in [0.2, 0.25) is 0 Å². The quantitative estimate of drug-likeness (QED) is 0.890. The summed E-state index contributed by atoms with van der Waals surface area (Å²) in [4.78, 5) is 0. The third kappa shape index (κ3) is 1.68. The molecule has 1 aliphatic carbocycles. The SMILES string of the molecule is Cc1ccc(Br)c2c1OCC2NC1CC1. The van der Waals surface area contributed by atoms with Crippen molar-refractivity contribution in [1.82, 2.24) is 5.32 Å². The van der Waals surface area contributed by atoms with Gasteiger partial charge in [-0.1, -0.05) is 22.0 Å². The molecular weight excluding hydrogens is 254 g/mol. The molecule has 2 nitrogen and oxygen atoms in total. The summed E-state index contributed by atoms with van der Waals surface area (Å²) in [5.41, 5.74) is 2.54. The van der Waals surface area contributed by atoms with Gasteiger partial charge < -0.3 is 10.1 Å². The molecule has 2 aliphatic rings. The molecule has 1 aromatic rings. The zero-order chi connectivity index (χ0) is 10.4. The summed E-state index contributed by atoms with van der Waals surface area (Å²) in [6.45, 7) is 2.88. The monoisotopic (exact) mass is 267 g/mol. The summed E-state index contributed by atoms with van der Waals surface area (Å²) in [7, 11) is 0. The third-order valence-corrected chi connectivity index (χ3v) is 3.79. The van der Waals surface area contributed by atoms with Gasteiger partial charge in [0, 0.05) is 16.1 Å². The molecule has 1 heterocycles. The number of halogens is 1. The molecule has 80 valence electrons. The van der Waals surface area contributed by atoms with Gasteiger partial charge in [0.05, 0.1) is 6.04 Å². The molecule has 0 aromatic heterocycles. The Morgan fingerprint density at radius 3 is 2.93 bits per heavy atom. The maximum Gasteiger partial charge on any atom is 0.128 e. The highest BCUT2D eigenvalue weighted by Crippen LogP contribution is 2.41. The van der Waals surface area contributed by atoms with Crippen LogP contribution in [0.15, 0.2) is 16.6 Å². The maximum absolute atomic E-state index is 5.76. The first-order valence-electron chi connectivity index (χ1n) is 5.43. The highest BCUT2D eigenvalue weighted by atomic mass is 79.9. The van der Waals surface area contributed by atoms with Crippen molar-refractivity contribution >= 4 is 15.9 Å². The minimum atomic E-state index is 0.377. The Bertz CT molecular complexity index is 401. The van der Waals surface area contributed by atoms with E-state index >= 15 is 0 Å². The van der Waals surface area contributed by atoms with E-state index in [1.54, 1.807) is 0 Å². The van der Waals surface area contributed by atoms with Gasteiger partial charge in [0.1, 0.15) is 12.4 Å². The Kier molecular flexibility index (Phi) is 2.25. The normalized spacial score (nSPS) is 23.7. The van der Waals surface area contributed by atoms with Crippen molar-refractivity contribution in [2.75, 3.05) is 6.61 Å². The molecule has 3 heteroatoms. The minimum Gasteiger partial charge on any atom is -0.491 e. The first-order valence-corrected chi connectivity index (χ1v) is 6.23. The number of fused-ring (bicyclic) bond motifs is 1. The molecule has 1 aromatic carbocycles. The molecule has 0 spiro atoms. The summed E-state index contributed by atoms with van der Waals surface area (Å²) in [6.07, 6.45) is 2.63. The van der Waals surface area contributed by atoms with Crippen molar-refractivity contribution in [3.8, 4) is 5.75 Å². The van der Waals surface area contributed by atoms with Crippen LogP contribution in [0.4, 0.5) is 0 Å². The standard InChI is InChI=1S/C12H14BrNO/c1-7-2-5-9(13)11-10(6-15-12(7)11)14-8-3-4-8/h2,5,8,10,14H,3-4,6H2,1H3. The lowest BCUT2D eigenvalue weighted by Gasteiger charge is -2.12. The number of ether oxygens (including phenoxy) is 1. The van der Waals surface area contributed by atoms with Crippen LogP contribution in [0.2, 0.25) is 0 Å². The highest BCUT2D eigenvalue weighted by Gasteiger charge is 2.32. The van der Waals surface area contributed by atoms with E-state index < -0.39 is 0 Å². The van der Waals surface area contributed by atoms with E-state index in [0.717, 1.165) is 18.4 Å². The highest BCUT2D eigenvalue weighted by molar-refractivity contribution is 9.10. The van der Waals surface area contributed by atoms with Crippen molar-refractivity contribution in [2.24, 2.45) is 0 Å². The van der Waals surface area contributed by atoms with Gasteiger partial charge in [-0.15, -0.1) is 0 Å². The van der Waals surface area contributed by atoms with Crippen molar-refractivity contribution in [3.05, 3.63) is 27.7 Å². The average Bonchev–Trinajstić information content (AvgIpc) is 2.91. The van der Waals surface area contributed by atoms with Crippen LogP contribution in [0.1, 0.15) is 30.0 Å². The van der Waals surface area contributed by atoms with Gasteiger partial charge in [-0.25, -0.2) is 0 Å². The van der Waals surface area contributed by atoms with Gasteiger partial charge in [-0.05, 0) is 31.4 Å². The van der Waals surface area contributed by atoms with Crippen LogP contribution in [0, 0.1) is 6.92 Å². The second-order valence-electron chi connectivity index (χ2n) is 4.41. The lowest BCUT2D eigenvalue weighted by molar-refractivity contribution is 0.309. The first-order chi connectivity index (χ1) is 7.25. The fraction of sp³-hybridized carbons (Fsp3) is 0.500. The number of hydrogen-bond donors (Lipinski definition) is 1. The largest absolute Gasteiger partial charge is 0.491 e. The average molecular weight is 268 g/mol. The van der Waals surface area contributed by atoms with Gasteiger partial charge in [-0.2, -0.15) is 0 Å². The predicted octanol–water partition coefficient (Wildman–Crippen LogP) is 2.94. The zero-order valence-corrected chi connectivity index (χ0v) is 10.3. The zero-order valence-electron chi connectivity index (χ0n) is 8.72. The van der Waals surface area contributed by atoms with E-state index in [2.05, 4.69) is 40.3 Å². The number of benzene rings is 1.